The second-order valence-corrected chi connectivity index (χ2v) is 8.25. The molecule has 0 aliphatic carbocycles. The molecule has 0 bridgehead atoms. The Labute approximate surface area is 142 Å². The molecule has 0 radical (unpaired) electrons. The number of β-amino-alcohol motifs (C(OH)–C–C–N with tert-alkyl or cyclic N) is 1. The number of nitrogens with zero attached hydrogens (tertiary/aromatic N) is 2. The van der Waals surface area contributed by atoms with Gasteiger partial charge in [-0.05, 0) is 56.5 Å². The van der Waals surface area contributed by atoms with Crippen molar-refractivity contribution in [2.24, 2.45) is 5.14 Å². The number of benzene rings is 1. The van der Waals surface area contributed by atoms with Crippen LogP contribution in [0.4, 0.5) is 5.69 Å². The van der Waals surface area contributed by atoms with E-state index in [-0.39, 0.29) is 29.5 Å². The van der Waals surface area contributed by atoms with Crippen LogP contribution in [0.25, 0.3) is 0 Å². The smallest absolute Gasteiger partial charge is 0.241 e. The van der Waals surface area contributed by atoms with E-state index in [1.54, 1.807) is 17.0 Å². The lowest BCUT2D eigenvalue weighted by molar-refractivity contribution is -0.120. The Balaban J connectivity index is 1.79. The number of aliphatic hydroxyl groups excluding tert-OH is 1. The van der Waals surface area contributed by atoms with Crippen LogP contribution >= 0.6 is 0 Å². The van der Waals surface area contributed by atoms with Gasteiger partial charge in [0.2, 0.25) is 15.9 Å². The van der Waals surface area contributed by atoms with Gasteiger partial charge in [-0.3, -0.25) is 9.69 Å². The molecule has 132 valence electrons. The quantitative estimate of drug-likeness (QED) is 0.800. The number of nitrogens with two attached hydrogens (primary N) is 1. The minimum absolute atomic E-state index is 0.0290. The summed E-state index contributed by atoms with van der Waals surface area (Å²) in [5, 5.41) is 14.9. The van der Waals surface area contributed by atoms with Crippen LogP contribution in [-0.4, -0.2) is 56.1 Å². The number of primary sulfonamides is 1. The maximum atomic E-state index is 12.7. The second kappa shape index (κ2) is 6.44. The molecule has 2 heterocycles. The van der Waals surface area contributed by atoms with Crippen molar-refractivity contribution in [3.63, 3.8) is 0 Å². The fraction of sp³-hybridized carbons (Fsp3) is 0.562. The number of piperidine rings is 1. The second-order valence-electron chi connectivity index (χ2n) is 6.68. The molecule has 2 unspecified atom stereocenters. The first-order valence-corrected chi connectivity index (χ1v) is 9.68. The van der Waals surface area contributed by atoms with Crippen molar-refractivity contribution in [1.29, 1.82) is 0 Å². The van der Waals surface area contributed by atoms with Gasteiger partial charge < -0.3 is 10.0 Å². The maximum absolute atomic E-state index is 12.7. The molecule has 1 amide bonds. The molecule has 2 aliphatic heterocycles. The summed E-state index contributed by atoms with van der Waals surface area (Å²) in [6.07, 6.45) is 1.90. The lowest BCUT2D eigenvalue weighted by Crippen LogP contribution is -2.47. The van der Waals surface area contributed by atoms with E-state index < -0.39 is 10.0 Å². The van der Waals surface area contributed by atoms with Crippen LogP contribution in [-0.2, 0) is 21.2 Å². The molecule has 1 fully saturated rings. The average Bonchev–Trinajstić information content (AvgIpc) is 2.81. The van der Waals surface area contributed by atoms with Crippen LogP contribution in [0.1, 0.15) is 25.3 Å². The third kappa shape index (κ3) is 3.46. The van der Waals surface area contributed by atoms with Crippen molar-refractivity contribution in [2.45, 2.75) is 43.2 Å². The van der Waals surface area contributed by atoms with Gasteiger partial charge in [-0.15, -0.1) is 0 Å². The van der Waals surface area contributed by atoms with Gasteiger partial charge in [0.15, 0.2) is 0 Å². The van der Waals surface area contributed by atoms with Crippen LogP contribution in [0.2, 0.25) is 0 Å². The Bertz CT molecular complexity index is 750. The number of carbonyl (C=O) groups excluding carboxylic acids is 1. The number of likely N-dealkylation sites (tertiary alicyclic amines) is 1. The molecular weight excluding hydrogens is 330 g/mol. The zero-order chi connectivity index (χ0) is 17.5. The number of anilines is 1. The van der Waals surface area contributed by atoms with E-state index in [1.807, 2.05) is 11.8 Å². The third-order valence-electron chi connectivity index (χ3n) is 4.70. The number of fused-ring (bicyclic) bond motifs is 1. The summed E-state index contributed by atoms with van der Waals surface area (Å²) in [4.78, 5) is 16.5. The van der Waals surface area contributed by atoms with Crippen molar-refractivity contribution in [1.82, 2.24) is 4.90 Å². The van der Waals surface area contributed by atoms with E-state index in [4.69, 9.17) is 5.14 Å². The van der Waals surface area contributed by atoms with Crippen LogP contribution in [0, 0.1) is 0 Å². The SMILES string of the molecule is CC1Cc2cc(S(N)(=O)=O)ccc2N1C(=O)CN1CCCC(O)C1. The van der Waals surface area contributed by atoms with Gasteiger partial charge in [0.1, 0.15) is 0 Å². The number of rotatable bonds is 3. The van der Waals surface area contributed by atoms with Crippen LogP contribution in [0.3, 0.4) is 0 Å². The van der Waals surface area contributed by atoms with Gasteiger partial charge in [-0.2, -0.15) is 0 Å². The number of hydrogen-bond acceptors (Lipinski definition) is 5. The molecule has 1 saturated heterocycles. The first-order chi connectivity index (χ1) is 11.3. The first kappa shape index (κ1) is 17.3. The molecule has 3 N–H and O–H groups in total. The summed E-state index contributed by atoms with van der Waals surface area (Å²) >= 11 is 0. The Morgan fingerprint density at radius 2 is 2.17 bits per heavy atom. The van der Waals surface area contributed by atoms with Gasteiger partial charge >= 0.3 is 0 Å². The lowest BCUT2D eigenvalue weighted by Gasteiger charge is -2.32. The van der Waals surface area contributed by atoms with Crippen LogP contribution < -0.4 is 10.0 Å². The molecule has 0 saturated carbocycles. The predicted molar refractivity (Wildman–Crippen MR) is 90.1 cm³/mol. The predicted octanol–water partition coefficient (Wildman–Crippen LogP) is 0.0683. The standard InChI is InChI=1S/C16H23N3O4S/c1-11-7-12-8-14(24(17,22)23)4-5-15(12)19(11)16(21)10-18-6-2-3-13(20)9-18/h4-5,8,11,13,20H,2-3,6-7,9-10H2,1H3,(H2,17,22,23). The average molecular weight is 353 g/mol. The van der Waals surface area contributed by atoms with E-state index in [0.29, 0.717) is 13.0 Å². The fourth-order valence-electron chi connectivity index (χ4n) is 3.61. The number of carbonyl (C=O) groups is 1. The lowest BCUT2D eigenvalue weighted by atomic mass is 10.1. The highest BCUT2D eigenvalue weighted by atomic mass is 32.2. The van der Waals surface area contributed by atoms with Crippen molar-refractivity contribution in [2.75, 3.05) is 24.5 Å². The van der Waals surface area contributed by atoms with Crippen molar-refractivity contribution in [3.8, 4) is 0 Å². The molecule has 2 aliphatic rings. The Morgan fingerprint density at radius 1 is 1.42 bits per heavy atom. The highest BCUT2D eigenvalue weighted by Crippen LogP contribution is 2.33. The summed E-state index contributed by atoms with van der Waals surface area (Å²) in [5.74, 6) is -0.0290. The molecule has 0 spiro atoms. The van der Waals surface area contributed by atoms with E-state index in [9.17, 15) is 18.3 Å². The third-order valence-corrected chi connectivity index (χ3v) is 5.61. The zero-order valence-electron chi connectivity index (χ0n) is 13.7. The fourth-order valence-corrected chi connectivity index (χ4v) is 4.17. The molecular formula is C16H23N3O4S. The van der Waals surface area contributed by atoms with Crippen molar-refractivity contribution in [3.05, 3.63) is 23.8 Å². The Morgan fingerprint density at radius 3 is 2.83 bits per heavy atom. The molecule has 3 rings (SSSR count). The van der Waals surface area contributed by atoms with E-state index >= 15 is 0 Å². The summed E-state index contributed by atoms with van der Waals surface area (Å²) in [5.41, 5.74) is 1.57. The first-order valence-electron chi connectivity index (χ1n) is 8.14. The molecule has 0 aromatic heterocycles. The Kier molecular flexibility index (Phi) is 4.65. The maximum Gasteiger partial charge on any atom is 0.241 e. The summed E-state index contributed by atoms with van der Waals surface area (Å²) < 4.78 is 23.0. The minimum atomic E-state index is -3.75. The number of hydrogen-bond donors (Lipinski definition) is 2. The highest BCUT2D eigenvalue weighted by Gasteiger charge is 2.33. The molecule has 7 nitrogen and oxygen atoms in total. The Hall–Kier alpha value is -1.48. The van der Waals surface area contributed by atoms with Crippen molar-refractivity contribution >= 4 is 21.6 Å². The zero-order valence-corrected chi connectivity index (χ0v) is 14.5. The molecule has 1 aromatic rings. The van der Waals surface area contributed by atoms with Gasteiger partial charge in [0, 0.05) is 18.3 Å². The topological polar surface area (TPSA) is 104 Å². The summed E-state index contributed by atoms with van der Waals surface area (Å²) in [7, 11) is -3.75. The largest absolute Gasteiger partial charge is 0.392 e. The minimum Gasteiger partial charge on any atom is -0.392 e. The van der Waals surface area contributed by atoms with Crippen molar-refractivity contribution < 1.29 is 18.3 Å². The van der Waals surface area contributed by atoms with Gasteiger partial charge in [-0.25, -0.2) is 13.6 Å². The number of sulfonamides is 1. The summed E-state index contributed by atoms with van der Waals surface area (Å²) in [6, 6.07) is 4.62. The van der Waals surface area contributed by atoms with Gasteiger partial charge in [0.25, 0.3) is 0 Å². The van der Waals surface area contributed by atoms with Crippen LogP contribution in [0.5, 0.6) is 0 Å². The van der Waals surface area contributed by atoms with E-state index in [1.165, 1.54) is 6.07 Å². The van der Waals surface area contributed by atoms with Crippen LogP contribution in [0.15, 0.2) is 23.1 Å². The van der Waals surface area contributed by atoms with E-state index in [0.717, 1.165) is 30.6 Å². The highest BCUT2D eigenvalue weighted by molar-refractivity contribution is 7.89. The molecule has 2 atom stereocenters. The number of aliphatic hydroxyl groups is 1. The number of amides is 1. The monoisotopic (exact) mass is 353 g/mol. The van der Waals surface area contributed by atoms with Gasteiger partial charge in [-0.1, -0.05) is 0 Å². The summed E-state index contributed by atoms with van der Waals surface area (Å²) in [6.45, 7) is 3.53. The van der Waals surface area contributed by atoms with E-state index in [2.05, 4.69) is 0 Å². The molecule has 24 heavy (non-hydrogen) atoms. The molecule has 1 aromatic carbocycles. The normalized spacial score (nSPS) is 24.9. The molecule has 8 heteroatoms. The van der Waals surface area contributed by atoms with Gasteiger partial charge in [0.05, 0.1) is 17.5 Å².